The van der Waals surface area contributed by atoms with Crippen molar-refractivity contribution in [3.8, 4) is 5.75 Å². The first-order valence-corrected chi connectivity index (χ1v) is 8.81. The van der Waals surface area contributed by atoms with Gasteiger partial charge in [-0.2, -0.15) is 0 Å². The van der Waals surface area contributed by atoms with Gasteiger partial charge >= 0.3 is 0 Å². The molecule has 1 aromatic rings. The Morgan fingerprint density at radius 1 is 1.12 bits per heavy atom. The van der Waals surface area contributed by atoms with E-state index in [-0.39, 0.29) is 11.8 Å². The molecule has 0 saturated carbocycles. The maximum absolute atomic E-state index is 11.9. The third-order valence-corrected chi connectivity index (χ3v) is 5.52. The number of piperidine rings is 1. The fraction of sp³-hybridized carbons (Fsp3) is 0.632. The van der Waals surface area contributed by atoms with Gasteiger partial charge in [-0.15, -0.1) is 0 Å². The number of nitrogen functional groups attached to an aromatic ring is 1. The van der Waals surface area contributed by atoms with Gasteiger partial charge in [0.05, 0.1) is 12.5 Å². The molecule has 1 aromatic carbocycles. The number of carbonyl (C=O) groups is 1. The van der Waals surface area contributed by atoms with Crippen molar-refractivity contribution in [2.75, 3.05) is 25.4 Å². The largest absolute Gasteiger partial charge is 0.492 e. The van der Waals surface area contributed by atoms with E-state index in [0.29, 0.717) is 12.5 Å². The molecule has 0 spiro atoms. The normalized spacial score (nSPS) is 16.8. The first kappa shape index (κ1) is 18.6. The SMILES string of the molecule is Cc1c(C)c(OCC(CC2CCNCC2)C(N)=O)c(C)c(C)c1N. The second-order valence-electron chi connectivity index (χ2n) is 7.08. The fourth-order valence-corrected chi connectivity index (χ4v) is 3.49. The van der Waals surface area contributed by atoms with E-state index >= 15 is 0 Å². The Hall–Kier alpha value is -1.75. The number of anilines is 1. The number of primary amides is 1. The number of benzene rings is 1. The van der Waals surface area contributed by atoms with Gasteiger partial charge in [-0.3, -0.25) is 4.79 Å². The van der Waals surface area contributed by atoms with Crippen LogP contribution in [0.2, 0.25) is 0 Å². The molecule has 1 unspecified atom stereocenters. The minimum Gasteiger partial charge on any atom is -0.492 e. The van der Waals surface area contributed by atoms with E-state index in [4.69, 9.17) is 16.2 Å². The summed E-state index contributed by atoms with van der Waals surface area (Å²) in [6, 6.07) is 0. The molecule has 0 radical (unpaired) electrons. The molecule has 134 valence electrons. The zero-order valence-corrected chi connectivity index (χ0v) is 15.4. The van der Waals surface area contributed by atoms with Crippen LogP contribution in [0.15, 0.2) is 0 Å². The highest BCUT2D eigenvalue weighted by Gasteiger charge is 2.24. The Morgan fingerprint density at radius 3 is 2.17 bits per heavy atom. The van der Waals surface area contributed by atoms with E-state index in [1.54, 1.807) is 0 Å². The van der Waals surface area contributed by atoms with Crippen LogP contribution >= 0.6 is 0 Å². The van der Waals surface area contributed by atoms with Crippen LogP contribution < -0.4 is 21.5 Å². The summed E-state index contributed by atoms with van der Waals surface area (Å²) in [5.74, 6) is 0.873. The molecule has 1 aliphatic rings. The van der Waals surface area contributed by atoms with Crippen molar-refractivity contribution in [1.82, 2.24) is 5.32 Å². The minimum atomic E-state index is -0.271. The highest BCUT2D eigenvalue weighted by molar-refractivity contribution is 5.76. The first-order valence-electron chi connectivity index (χ1n) is 8.81. The molecule has 0 aromatic heterocycles. The van der Waals surface area contributed by atoms with E-state index in [0.717, 1.165) is 66.0 Å². The van der Waals surface area contributed by atoms with Crippen LogP contribution in [0.4, 0.5) is 5.69 Å². The smallest absolute Gasteiger partial charge is 0.223 e. The predicted octanol–water partition coefficient (Wildman–Crippen LogP) is 2.37. The molecule has 1 atom stereocenters. The van der Waals surface area contributed by atoms with E-state index in [1.807, 2.05) is 27.7 Å². The Bertz CT molecular complexity index is 578. The molecule has 1 aliphatic heterocycles. The topological polar surface area (TPSA) is 90.4 Å². The zero-order valence-electron chi connectivity index (χ0n) is 15.4. The maximum Gasteiger partial charge on any atom is 0.223 e. The fourth-order valence-electron chi connectivity index (χ4n) is 3.49. The van der Waals surface area contributed by atoms with Crippen LogP contribution in [-0.2, 0) is 4.79 Å². The van der Waals surface area contributed by atoms with Crippen molar-refractivity contribution >= 4 is 11.6 Å². The van der Waals surface area contributed by atoms with Gasteiger partial charge < -0.3 is 21.5 Å². The molecule has 24 heavy (non-hydrogen) atoms. The molecular formula is C19H31N3O2. The maximum atomic E-state index is 11.9. The van der Waals surface area contributed by atoms with Gasteiger partial charge in [-0.05, 0) is 88.2 Å². The van der Waals surface area contributed by atoms with Crippen molar-refractivity contribution in [3.63, 3.8) is 0 Å². The zero-order chi connectivity index (χ0) is 17.9. The van der Waals surface area contributed by atoms with Gasteiger partial charge in [0, 0.05) is 5.69 Å². The summed E-state index contributed by atoms with van der Waals surface area (Å²) in [6.07, 6.45) is 3.01. The molecule has 1 amide bonds. The molecule has 1 saturated heterocycles. The number of hydrogen-bond donors (Lipinski definition) is 3. The van der Waals surface area contributed by atoms with E-state index in [2.05, 4.69) is 5.32 Å². The summed E-state index contributed by atoms with van der Waals surface area (Å²) in [6.45, 7) is 10.4. The van der Waals surface area contributed by atoms with Crippen LogP contribution in [0.1, 0.15) is 41.5 Å². The lowest BCUT2D eigenvalue weighted by Gasteiger charge is -2.26. The van der Waals surface area contributed by atoms with Gasteiger partial charge in [-0.25, -0.2) is 0 Å². The monoisotopic (exact) mass is 333 g/mol. The van der Waals surface area contributed by atoms with Crippen LogP contribution in [0.5, 0.6) is 5.75 Å². The van der Waals surface area contributed by atoms with E-state index < -0.39 is 0 Å². The number of carbonyl (C=O) groups excluding carboxylic acids is 1. The lowest BCUT2D eigenvalue weighted by atomic mass is 9.87. The highest BCUT2D eigenvalue weighted by atomic mass is 16.5. The minimum absolute atomic E-state index is 0.245. The van der Waals surface area contributed by atoms with Gasteiger partial charge in [0.15, 0.2) is 0 Å². The van der Waals surface area contributed by atoms with E-state index in [1.165, 1.54) is 0 Å². The summed E-state index contributed by atoms with van der Waals surface area (Å²) < 4.78 is 6.08. The third kappa shape index (κ3) is 4.01. The molecule has 1 fully saturated rings. The van der Waals surface area contributed by atoms with Crippen molar-refractivity contribution in [3.05, 3.63) is 22.3 Å². The van der Waals surface area contributed by atoms with Crippen molar-refractivity contribution in [2.45, 2.75) is 47.0 Å². The number of nitrogens with two attached hydrogens (primary N) is 2. The number of nitrogens with one attached hydrogen (secondary N) is 1. The summed E-state index contributed by atoms with van der Waals surface area (Å²) in [4.78, 5) is 11.9. The third-order valence-electron chi connectivity index (χ3n) is 5.52. The number of hydrogen-bond acceptors (Lipinski definition) is 4. The summed E-state index contributed by atoms with van der Waals surface area (Å²) in [5, 5.41) is 3.35. The molecule has 0 aliphatic carbocycles. The predicted molar refractivity (Wildman–Crippen MR) is 98.2 cm³/mol. The second kappa shape index (κ2) is 7.88. The molecule has 2 rings (SSSR count). The second-order valence-corrected chi connectivity index (χ2v) is 7.08. The van der Waals surface area contributed by atoms with Gasteiger partial charge in [-0.1, -0.05) is 0 Å². The van der Waals surface area contributed by atoms with Crippen LogP contribution in [-0.4, -0.2) is 25.6 Å². The lowest BCUT2D eigenvalue weighted by molar-refractivity contribution is -0.123. The van der Waals surface area contributed by atoms with Gasteiger partial charge in [0.1, 0.15) is 5.75 Å². The summed E-state index contributed by atoms with van der Waals surface area (Å²) in [5.41, 5.74) is 16.8. The van der Waals surface area contributed by atoms with Crippen molar-refractivity contribution in [1.29, 1.82) is 0 Å². The molecule has 1 heterocycles. The van der Waals surface area contributed by atoms with E-state index in [9.17, 15) is 4.79 Å². The first-order chi connectivity index (χ1) is 11.3. The Balaban J connectivity index is 2.10. The Kier molecular flexibility index (Phi) is 6.10. The average molecular weight is 333 g/mol. The summed E-state index contributed by atoms with van der Waals surface area (Å²) >= 11 is 0. The molecular weight excluding hydrogens is 302 g/mol. The highest BCUT2D eigenvalue weighted by Crippen LogP contribution is 2.34. The average Bonchev–Trinajstić information content (AvgIpc) is 2.58. The van der Waals surface area contributed by atoms with Crippen LogP contribution in [0, 0.1) is 39.5 Å². The molecule has 5 N–H and O–H groups in total. The molecule has 0 bridgehead atoms. The number of ether oxygens (including phenoxy) is 1. The molecule has 5 nitrogen and oxygen atoms in total. The lowest BCUT2D eigenvalue weighted by Crippen LogP contribution is -2.34. The Labute approximate surface area is 145 Å². The van der Waals surface area contributed by atoms with Gasteiger partial charge in [0.25, 0.3) is 0 Å². The van der Waals surface area contributed by atoms with Crippen LogP contribution in [0.25, 0.3) is 0 Å². The molecule has 5 heteroatoms. The standard InChI is InChI=1S/C19H31N3O2/c1-11-13(3)18(14(4)12(2)17(11)20)24-10-16(19(21)23)9-15-5-7-22-8-6-15/h15-16,22H,5-10,20H2,1-4H3,(H2,21,23). The van der Waals surface area contributed by atoms with Crippen molar-refractivity contribution in [2.24, 2.45) is 17.6 Å². The van der Waals surface area contributed by atoms with Gasteiger partial charge in [0.2, 0.25) is 5.91 Å². The quantitative estimate of drug-likeness (QED) is 0.697. The Morgan fingerprint density at radius 2 is 1.67 bits per heavy atom. The number of amides is 1. The summed E-state index contributed by atoms with van der Waals surface area (Å²) in [7, 11) is 0. The number of rotatable bonds is 6. The van der Waals surface area contributed by atoms with Crippen LogP contribution in [0.3, 0.4) is 0 Å². The van der Waals surface area contributed by atoms with Crippen molar-refractivity contribution < 1.29 is 9.53 Å².